The number of benzene rings is 1. The number of hydrogen-bond acceptors (Lipinski definition) is 6. The summed E-state index contributed by atoms with van der Waals surface area (Å²) in [5.74, 6) is 0.490. The van der Waals surface area contributed by atoms with Crippen LogP contribution in [0.3, 0.4) is 0 Å². The van der Waals surface area contributed by atoms with Gasteiger partial charge in [-0.2, -0.15) is 0 Å². The summed E-state index contributed by atoms with van der Waals surface area (Å²) in [7, 11) is 0. The van der Waals surface area contributed by atoms with E-state index in [1.54, 1.807) is 29.7 Å². The Morgan fingerprint density at radius 3 is 3.04 bits per heavy atom. The third kappa shape index (κ3) is 3.39. The van der Waals surface area contributed by atoms with Crippen molar-refractivity contribution in [2.24, 2.45) is 0 Å². The van der Waals surface area contributed by atoms with E-state index in [1.807, 2.05) is 0 Å². The van der Waals surface area contributed by atoms with E-state index < -0.39 is 5.97 Å². The van der Waals surface area contributed by atoms with E-state index in [-0.39, 0.29) is 18.0 Å². The van der Waals surface area contributed by atoms with Crippen LogP contribution >= 0.6 is 23.1 Å². The van der Waals surface area contributed by atoms with Crippen LogP contribution < -0.4 is 5.56 Å². The number of aromatic nitrogens is 2. The number of rotatable bonds is 5. The number of thioether (sulfide) groups is 1. The topological polar surface area (TPSA) is 61.2 Å². The highest BCUT2D eigenvalue weighted by Gasteiger charge is 2.23. The van der Waals surface area contributed by atoms with Crippen LogP contribution in [0.2, 0.25) is 0 Å². The van der Waals surface area contributed by atoms with Gasteiger partial charge in [0.2, 0.25) is 0 Å². The predicted molar refractivity (Wildman–Crippen MR) is 104 cm³/mol. The summed E-state index contributed by atoms with van der Waals surface area (Å²) in [4.78, 5) is 31.2. The average molecular weight is 404 g/mol. The molecule has 0 atom stereocenters. The van der Waals surface area contributed by atoms with Gasteiger partial charge in [-0.1, -0.05) is 12.1 Å². The molecule has 8 heteroatoms. The highest BCUT2D eigenvalue weighted by atomic mass is 32.2. The number of fused-ring (bicyclic) bond motifs is 2. The Kier molecular flexibility index (Phi) is 5.01. The van der Waals surface area contributed by atoms with Crippen LogP contribution in [-0.4, -0.2) is 27.9 Å². The Bertz CT molecular complexity index is 1090. The first kappa shape index (κ1) is 18.2. The van der Waals surface area contributed by atoms with E-state index >= 15 is 0 Å². The lowest BCUT2D eigenvalue weighted by atomic mass is 10.2. The van der Waals surface area contributed by atoms with Crippen molar-refractivity contribution >= 4 is 39.3 Å². The molecule has 0 bridgehead atoms. The largest absolute Gasteiger partial charge is 0.461 e. The van der Waals surface area contributed by atoms with Crippen molar-refractivity contribution in [1.29, 1.82) is 0 Å². The summed E-state index contributed by atoms with van der Waals surface area (Å²) in [6, 6.07) is 6.49. The van der Waals surface area contributed by atoms with E-state index in [2.05, 4.69) is 4.98 Å². The number of ether oxygens (including phenoxy) is 1. The van der Waals surface area contributed by atoms with Crippen molar-refractivity contribution < 1.29 is 13.9 Å². The summed E-state index contributed by atoms with van der Waals surface area (Å²) < 4.78 is 20.6. The smallest absolute Gasteiger partial charge is 0.348 e. The molecule has 4 rings (SSSR count). The number of aryl methyl sites for hydroxylation is 2. The maximum atomic E-state index is 13.6. The molecule has 1 aliphatic heterocycles. The van der Waals surface area contributed by atoms with Gasteiger partial charge < -0.3 is 4.74 Å². The van der Waals surface area contributed by atoms with Crippen molar-refractivity contribution in [3.05, 3.63) is 56.7 Å². The first-order valence-electron chi connectivity index (χ1n) is 8.63. The number of esters is 1. The van der Waals surface area contributed by atoms with Gasteiger partial charge in [-0.15, -0.1) is 23.1 Å². The minimum atomic E-state index is -0.464. The fourth-order valence-corrected chi connectivity index (χ4v) is 5.03. The average Bonchev–Trinajstić information content (AvgIpc) is 3.25. The van der Waals surface area contributed by atoms with Crippen LogP contribution in [0.25, 0.3) is 10.2 Å². The summed E-state index contributed by atoms with van der Waals surface area (Å²) in [6.45, 7) is 2.60. The van der Waals surface area contributed by atoms with Crippen LogP contribution in [0.15, 0.2) is 34.0 Å². The SMILES string of the molecule is Cc1c(C(=O)OCCSc2ccccc2F)sc2nc3n(c(=O)c12)CCC3. The number of nitrogens with zero attached hydrogens (tertiary/aromatic N) is 2. The van der Waals surface area contributed by atoms with Crippen LogP contribution in [0.1, 0.15) is 27.5 Å². The molecule has 0 unspecified atom stereocenters. The van der Waals surface area contributed by atoms with Gasteiger partial charge in [0.1, 0.15) is 28.0 Å². The summed E-state index contributed by atoms with van der Waals surface area (Å²) in [5.41, 5.74) is 0.553. The quantitative estimate of drug-likeness (QED) is 0.368. The van der Waals surface area contributed by atoms with Crippen LogP contribution in [0, 0.1) is 12.7 Å². The van der Waals surface area contributed by atoms with E-state index in [0.717, 1.165) is 18.7 Å². The Hall–Kier alpha value is -2.19. The number of carbonyl (C=O) groups excluding carboxylic acids is 1. The molecule has 0 radical (unpaired) electrons. The third-order valence-corrected chi connectivity index (χ3v) is 6.69. The summed E-state index contributed by atoms with van der Waals surface area (Å²) >= 11 is 2.50. The maximum absolute atomic E-state index is 13.6. The van der Waals surface area contributed by atoms with Gasteiger partial charge in [-0.05, 0) is 31.0 Å². The van der Waals surface area contributed by atoms with E-state index in [9.17, 15) is 14.0 Å². The lowest BCUT2D eigenvalue weighted by molar-refractivity contribution is 0.0535. The Balaban J connectivity index is 1.47. The van der Waals surface area contributed by atoms with Gasteiger partial charge in [0.25, 0.3) is 5.56 Å². The van der Waals surface area contributed by atoms with E-state index in [0.29, 0.717) is 37.9 Å². The molecule has 5 nitrogen and oxygen atoms in total. The molecule has 0 aliphatic carbocycles. The normalized spacial score (nSPS) is 13.1. The third-order valence-electron chi connectivity index (χ3n) is 4.51. The lowest BCUT2D eigenvalue weighted by Gasteiger charge is -2.05. The highest BCUT2D eigenvalue weighted by molar-refractivity contribution is 7.99. The molecule has 0 saturated heterocycles. The van der Waals surface area contributed by atoms with Crippen molar-refractivity contribution in [3.8, 4) is 0 Å². The van der Waals surface area contributed by atoms with Crippen LogP contribution in [-0.2, 0) is 17.7 Å². The molecule has 0 N–H and O–H groups in total. The first-order valence-corrected chi connectivity index (χ1v) is 10.4. The minimum absolute atomic E-state index is 0.0737. The molecule has 0 fully saturated rings. The zero-order valence-corrected chi connectivity index (χ0v) is 16.3. The van der Waals surface area contributed by atoms with Gasteiger partial charge in [0.15, 0.2) is 0 Å². The molecule has 140 valence electrons. The molecular formula is C19H17FN2O3S2. The van der Waals surface area contributed by atoms with Gasteiger partial charge in [-0.3, -0.25) is 9.36 Å². The number of hydrogen-bond donors (Lipinski definition) is 0. The molecule has 3 heterocycles. The minimum Gasteiger partial charge on any atom is -0.461 e. The lowest BCUT2D eigenvalue weighted by Crippen LogP contribution is -2.20. The second-order valence-electron chi connectivity index (χ2n) is 6.24. The molecule has 1 aromatic carbocycles. The van der Waals surface area contributed by atoms with E-state index in [1.165, 1.54) is 29.2 Å². The Morgan fingerprint density at radius 1 is 1.41 bits per heavy atom. The van der Waals surface area contributed by atoms with Gasteiger partial charge in [0, 0.05) is 23.6 Å². The van der Waals surface area contributed by atoms with Gasteiger partial charge in [-0.25, -0.2) is 14.2 Å². The molecule has 1 aliphatic rings. The Morgan fingerprint density at radius 2 is 2.22 bits per heavy atom. The zero-order valence-electron chi connectivity index (χ0n) is 14.7. The van der Waals surface area contributed by atoms with Crippen molar-refractivity contribution in [1.82, 2.24) is 9.55 Å². The number of halogens is 1. The molecule has 2 aromatic heterocycles. The molecule has 3 aromatic rings. The second kappa shape index (κ2) is 7.44. The van der Waals surface area contributed by atoms with Gasteiger partial charge in [0.05, 0.1) is 5.39 Å². The summed E-state index contributed by atoms with van der Waals surface area (Å²) in [5, 5.41) is 0.512. The second-order valence-corrected chi connectivity index (χ2v) is 8.38. The van der Waals surface area contributed by atoms with Crippen molar-refractivity contribution in [2.75, 3.05) is 12.4 Å². The van der Waals surface area contributed by atoms with Gasteiger partial charge >= 0.3 is 5.97 Å². The van der Waals surface area contributed by atoms with Crippen LogP contribution in [0.5, 0.6) is 0 Å². The maximum Gasteiger partial charge on any atom is 0.348 e. The fourth-order valence-electron chi connectivity index (χ4n) is 3.18. The van der Waals surface area contributed by atoms with Crippen molar-refractivity contribution in [3.63, 3.8) is 0 Å². The number of carbonyl (C=O) groups is 1. The number of thiophene rings is 1. The zero-order chi connectivity index (χ0) is 19.0. The highest BCUT2D eigenvalue weighted by Crippen LogP contribution is 2.29. The van der Waals surface area contributed by atoms with Crippen LogP contribution in [0.4, 0.5) is 4.39 Å². The first-order chi connectivity index (χ1) is 13.1. The molecule has 0 saturated carbocycles. The predicted octanol–water partition coefficient (Wildman–Crippen LogP) is 3.80. The monoisotopic (exact) mass is 404 g/mol. The Labute approximate surface area is 163 Å². The molecule has 0 amide bonds. The van der Waals surface area contributed by atoms with E-state index in [4.69, 9.17) is 4.74 Å². The molecular weight excluding hydrogens is 387 g/mol. The fraction of sp³-hybridized carbons (Fsp3) is 0.316. The molecule has 0 spiro atoms. The summed E-state index contributed by atoms with van der Waals surface area (Å²) in [6.07, 6.45) is 1.71. The standard InChI is InChI=1S/C19H17FN2O3S2/c1-11-15-17(21-14-7-4-8-22(14)18(15)23)27-16(11)19(24)25-9-10-26-13-6-3-2-5-12(13)20/h2-3,5-6H,4,7-10H2,1H3. The molecule has 27 heavy (non-hydrogen) atoms. The van der Waals surface area contributed by atoms with Crippen molar-refractivity contribution in [2.45, 2.75) is 31.2 Å².